The fraction of sp³-hybridized carbons (Fsp3) is 0.538. The van der Waals surface area contributed by atoms with Crippen molar-refractivity contribution in [2.75, 3.05) is 20.2 Å². The van der Waals surface area contributed by atoms with Crippen molar-refractivity contribution in [3.8, 4) is 5.75 Å². The zero-order valence-electron chi connectivity index (χ0n) is 9.79. The first-order chi connectivity index (χ1) is 7.66. The van der Waals surface area contributed by atoms with Gasteiger partial charge in [0.1, 0.15) is 11.4 Å². The Bertz CT molecular complexity index is 359. The van der Waals surface area contributed by atoms with Gasteiger partial charge in [0.2, 0.25) is 0 Å². The average molecular weight is 223 g/mol. The SMILES string of the molecule is COc1ccccc1C(C)(F)C1CCNC1. The molecule has 88 valence electrons. The molecule has 0 radical (unpaired) electrons. The number of hydrogen-bond donors (Lipinski definition) is 1. The molecule has 2 atom stereocenters. The lowest BCUT2D eigenvalue weighted by Gasteiger charge is -2.28. The maximum absolute atomic E-state index is 14.9. The average Bonchev–Trinajstić information content (AvgIpc) is 2.83. The Balaban J connectivity index is 2.33. The van der Waals surface area contributed by atoms with E-state index in [2.05, 4.69) is 5.32 Å². The van der Waals surface area contributed by atoms with Crippen LogP contribution in [0.4, 0.5) is 4.39 Å². The van der Waals surface area contributed by atoms with Gasteiger partial charge in [0, 0.05) is 18.0 Å². The normalized spacial score (nSPS) is 24.1. The van der Waals surface area contributed by atoms with Crippen LogP contribution in [0.3, 0.4) is 0 Å². The second kappa shape index (κ2) is 4.42. The summed E-state index contributed by atoms with van der Waals surface area (Å²) in [6.07, 6.45) is 0.880. The molecular weight excluding hydrogens is 205 g/mol. The first-order valence-electron chi connectivity index (χ1n) is 5.69. The van der Waals surface area contributed by atoms with Crippen molar-refractivity contribution in [3.05, 3.63) is 29.8 Å². The molecule has 2 unspecified atom stereocenters. The van der Waals surface area contributed by atoms with Crippen LogP contribution in [0.5, 0.6) is 5.75 Å². The van der Waals surface area contributed by atoms with E-state index in [0.29, 0.717) is 11.3 Å². The summed E-state index contributed by atoms with van der Waals surface area (Å²) in [5.74, 6) is 0.670. The van der Waals surface area contributed by atoms with E-state index >= 15 is 0 Å². The Morgan fingerprint density at radius 1 is 1.44 bits per heavy atom. The summed E-state index contributed by atoms with van der Waals surface area (Å²) < 4.78 is 20.1. The highest BCUT2D eigenvalue weighted by Gasteiger charge is 2.39. The lowest BCUT2D eigenvalue weighted by Crippen LogP contribution is -2.29. The molecule has 1 aliphatic heterocycles. The summed E-state index contributed by atoms with van der Waals surface area (Å²) in [6.45, 7) is 3.30. The molecule has 2 nitrogen and oxygen atoms in total. The number of ether oxygens (including phenoxy) is 1. The molecule has 1 N–H and O–H groups in total. The Kier molecular flexibility index (Phi) is 3.15. The van der Waals surface area contributed by atoms with Gasteiger partial charge in [-0.15, -0.1) is 0 Å². The Morgan fingerprint density at radius 3 is 2.81 bits per heavy atom. The molecule has 1 fully saturated rings. The predicted octanol–water partition coefficient (Wildman–Crippen LogP) is 2.49. The summed E-state index contributed by atoms with van der Waals surface area (Å²) in [5, 5.41) is 3.20. The number of nitrogens with one attached hydrogen (secondary N) is 1. The van der Waals surface area contributed by atoms with Crippen LogP contribution in [-0.2, 0) is 5.67 Å². The van der Waals surface area contributed by atoms with Crippen LogP contribution in [0, 0.1) is 5.92 Å². The summed E-state index contributed by atoms with van der Waals surface area (Å²) >= 11 is 0. The van der Waals surface area contributed by atoms with Crippen molar-refractivity contribution in [2.45, 2.75) is 19.0 Å². The lowest BCUT2D eigenvalue weighted by atomic mass is 9.83. The van der Waals surface area contributed by atoms with Crippen LogP contribution in [0.15, 0.2) is 24.3 Å². The first kappa shape index (κ1) is 11.4. The molecule has 1 saturated heterocycles. The van der Waals surface area contributed by atoms with E-state index < -0.39 is 5.67 Å². The van der Waals surface area contributed by atoms with E-state index in [-0.39, 0.29) is 5.92 Å². The van der Waals surface area contributed by atoms with Gasteiger partial charge < -0.3 is 10.1 Å². The number of hydrogen-bond acceptors (Lipinski definition) is 2. The maximum atomic E-state index is 14.9. The number of rotatable bonds is 3. The molecular formula is C13H18FNO. The van der Waals surface area contributed by atoms with Crippen LogP contribution in [-0.4, -0.2) is 20.2 Å². The minimum atomic E-state index is -1.32. The largest absolute Gasteiger partial charge is 0.496 e. The standard InChI is InChI=1S/C13H18FNO/c1-13(14,10-7-8-15-9-10)11-5-3-4-6-12(11)16-2/h3-6,10,15H,7-9H2,1-2H3. The molecule has 1 aromatic carbocycles. The third-order valence-electron chi connectivity index (χ3n) is 3.46. The Labute approximate surface area is 95.8 Å². The smallest absolute Gasteiger partial charge is 0.140 e. The van der Waals surface area contributed by atoms with Crippen molar-refractivity contribution in [3.63, 3.8) is 0 Å². The number of halogens is 1. The molecule has 16 heavy (non-hydrogen) atoms. The van der Waals surface area contributed by atoms with Crippen LogP contribution in [0.2, 0.25) is 0 Å². The number of para-hydroxylation sites is 1. The van der Waals surface area contributed by atoms with E-state index in [4.69, 9.17) is 4.74 Å². The van der Waals surface area contributed by atoms with Crippen molar-refractivity contribution in [1.82, 2.24) is 5.32 Å². The highest BCUT2D eigenvalue weighted by atomic mass is 19.1. The van der Waals surface area contributed by atoms with E-state index in [0.717, 1.165) is 19.5 Å². The van der Waals surface area contributed by atoms with Crippen molar-refractivity contribution in [2.24, 2.45) is 5.92 Å². The molecule has 3 heteroatoms. The van der Waals surface area contributed by atoms with Crippen LogP contribution in [0.1, 0.15) is 18.9 Å². The second-order valence-electron chi connectivity index (χ2n) is 4.47. The quantitative estimate of drug-likeness (QED) is 0.850. The van der Waals surface area contributed by atoms with Gasteiger partial charge in [-0.25, -0.2) is 4.39 Å². The van der Waals surface area contributed by atoms with Crippen LogP contribution >= 0.6 is 0 Å². The summed E-state index contributed by atoms with van der Waals surface area (Å²) in [4.78, 5) is 0. The fourth-order valence-electron chi connectivity index (χ4n) is 2.39. The molecule has 2 rings (SSSR count). The fourth-order valence-corrected chi connectivity index (χ4v) is 2.39. The van der Waals surface area contributed by atoms with Crippen molar-refractivity contribution < 1.29 is 9.13 Å². The van der Waals surface area contributed by atoms with E-state index in [9.17, 15) is 4.39 Å². The summed E-state index contributed by atoms with van der Waals surface area (Å²) in [6, 6.07) is 7.36. The van der Waals surface area contributed by atoms with Gasteiger partial charge in [-0.2, -0.15) is 0 Å². The molecule has 0 bridgehead atoms. The predicted molar refractivity (Wildman–Crippen MR) is 62.4 cm³/mol. The molecule has 1 heterocycles. The Hall–Kier alpha value is -1.09. The molecule has 0 saturated carbocycles. The van der Waals surface area contributed by atoms with Crippen LogP contribution < -0.4 is 10.1 Å². The highest BCUT2D eigenvalue weighted by molar-refractivity contribution is 5.38. The van der Waals surface area contributed by atoms with Gasteiger partial charge in [0.05, 0.1) is 7.11 Å². The first-order valence-corrected chi connectivity index (χ1v) is 5.69. The molecule has 1 aromatic rings. The van der Waals surface area contributed by atoms with E-state index in [1.807, 2.05) is 24.3 Å². The molecule has 0 aromatic heterocycles. The van der Waals surface area contributed by atoms with Crippen molar-refractivity contribution in [1.29, 1.82) is 0 Å². The Morgan fingerprint density at radius 2 is 2.19 bits per heavy atom. The lowest BCUT2D eigenvalue weighted by molar-refractivity contribution is 0.108. The maximum Gasteiger partial charge on any atom is 0.140 e. The zero-order chi connectivity index (χ0) is 11.6. The summed E-state index contributed by atoms with van der Waals surface area (Å²) in [7, 11) is 1.59. The minimum absolute atomic E-state index is 0.0313. The molecule has 0 aliphatic carbocycles. The van der Waals surface area contributed by atoms with Gasteiger partial charge in [-0.05, 0) is 26.0 Å². The summed E-state index contributed by atoms with van der Waals surface area (Å²) in [5.41, 5.74) is -0.665. The molecule has 1 aliphatic rings. The van der Waals surface area contributed by atoms with Gasteiger partial charge in [0.15, 0.2) is 0 Å². The van der Waals surface area contributed by atoms with Crippen molar-refractivity contribution >= 4 is 0 Å². The number of methoxy groups -OCH3 is 1. The van der Waals surface area contributed by atoms with E-state index in [1.54, 1.807) is 14.0 Å². The van der Waals surface area contributed by atoms with Gasteiger partial charge in [-0.1, -0.05) is 18.2 Å². The zero-order valence-corrected chi connectivity index (χ0v) is 9.79. The highest BCUT2D eigenvalue weighted by Crippen LogP contribution is 2.41. The van der Waals surface area contributed by atoms with Crippen LogP contribution in [0.25, 0.3) is 0 Å². The number of benzene rings is 1. The topological polar surface area (TPSA) is 21.3 Å². The van der Waals surface area contributed by atoms with E-state index in [1.165, 1.54) is 0 Å². The van der Waals surface area contributed by atoms with Gasteiger partial charge in [0.25, 0.3) is 0 Å². The second-order valence-corrected chi connectivity index (χ2v) is 4.47. The third-order valence-corrected chi connectivity index (χ3v) is 3.46. The molecule has 0 amide bonds. The molecule has 0 spiro atoms. The van der Waals surface area contributed by atoms with Gasteiger partial charge >= 0.3 is 0 Å². The third kappa shape index (κ3) is 1.92. The van der Waals surface area contributed by atoms with Gasteiger partial charge in [-0.3, -0.25) is 0 Å². The monoisotopic (exact) mass is 223 g/mol. The minimum Gasteiger partial charge on any atom is -0.496 e. The number of alkyl halides is 1.